The number of rotatable bonds is 5. The number of amides is 2. The molecule has 0 saturated heterocycles. The zero-order valence-corrected chi connectivity index (χ0v) is 11.0. The summed E-state index contributed by atoms with van der Waals surface area (Å²) in [6.45, 7) is 0.456. The molecule has 2 rings (SSSR count). The summed E-state index contributed by atoms with van der Waals surface area (Å²) in [4.78, 5) is 23.1. The van der Waals surface area contributed by atoms with Crippen LogP contribution >= 0.6 is 0 Å². The van der Waals surface area contributed by atoms with Crippen LogP contribution in [0.4, 0.5) is 0 Å². The third-order valence-corrected chi connectivity index (χ3v) is 3.00. The van der Waals surface area contributed by atoms with E-state index in [1.54, 1.807) is 24.3 Å². The van der Waals surface area contributed by atoms with Crippen LogP contribution in [0.5, 0.6) is 0 Å². The molecule has 0 atom stereocenters. The highest BCUT2D eigenvalue weighted by atomic mass is 16.2. The van der Waals surface area contributed by atoms with Gasteiger partial charge in [0.25, 0.3) is 5.91 Å². The molecule has 102 valence electrons. The number of primary amides is 1. The lowest BCUT2D eigenvalue weighted by Gasteiger charge is -2.08. The van der Waals surface area contributed by atoms with Crippen LogP contribution in [0.1, 0.15) is 26.3 Å². The molecule has 4 nitrogen and oxygen atoms in total. The fourth-order valence-electron chi connectivity index (χ4n) is 1.98. The standard InChI is InChI=1S/C16H16N2O2/c17-15(19)14-9-5-4-6-12(14)10-11-18-16(20)13-7-2-1-3-8-13/h1-9H,10-11H2,(H2,17,19)(H,18,20). The van der Waals surface area contributed by atoms with Crippen LogP contribution in [0.2, 0.25) is 0 Å². The Morgan fingerprint density at radius 3 is 2.30 bits per heavy atom. The van der Waals surface area contributed by atoms with Crippen LogP contribution in [0.3, 0.4) is 0 Å². The van der Waals surface area contributed by atoms with Crippen molar-refractivity contribution in [2.75, 3.05) is 6.54 Å². The molecule has 0 fully saturated rings. The van der Waals surface area contributed by atoms with Crippen molar-refractivity contribution in [1.82, 2.24) is 5.32 Å². The summed E-state index contributed by atoms with van der Waals surface area (Å²) in [7, 11) is 0. The van der Waals surface area contributed by atoms with Crippen molar-refractivity contribution in [3.05, 3.63) is 71.3 Å². The minimum absolute atomic E-state index is 0.123. The average Bonchev–Trinajstić information content (AvgIpc) is 2.48. The lowest BCUT2D eigenvalue weighted by atomic mass is 10.0. The topological polar surface area (TPSA) is 72.2 Å². The van der Waals surface area contributed by atoms with Gasteiger partial charge in [0, 0.05) is 17.7 Å². The zero-order valence-electron chi connectivity index (χ0n) is 11.0. The highest BCUT2D eigenvalue weighted by molar-refractivity contribution is 5.95. The van der Waals surface area contributed by atoms with Gasteiger partial charge in [0.1, 0.15) is 0 Å². The van der Waals surface area contributed by atoms with E-state index < -0.39 is 5.91 Å². The van der Waals surface area contributed by atoms with Gasteiger partial charge < -0.3 is 11.1 Å². The molecule has 0 aromatic heterocycles. The molecular formula is C16H16N2O2. The fraction of sp³-hybridized carbons (Fsp3) is 0.125. The van der Waals surface area contributed by atoms with Crippen molar-refractivity contribution in [2.45, 2.75) is 6.42 Å². The number of hydrogen-bond acceptors (Lipinski definition) is 2. The monoisotopic (exact) mass is 268 g/mol. The lowest BCUT2D eigenvalue weighted by Crippen LogP contribution is -2.26. The third kappa shape index (κ3) is 3.45. The Labute approximate surface area is 117 Å². The van der Waals surface area contributed by atoms with E-state index in [1.807, 2.05) is 30.3 Å². The molecule has 2 aromatic carbocycles. The van der Waals surface area contributed by atoms with Crippen molar-refractivity contribution in [3.63, 3.8) is 0 Å². The van der Waals surface area contributed by atoms with E-state index in [9.17, 15) is 9.59 Å². The second-order valence-electron chi connectivity index (χ2n) is 4.39. The van der Waals surface area contributed by atoms with E-state index in [4.69, 9.17) is 5.73 Å². The Morgan fingerprint density at radius 2 is 1.60 bits per heavy atom. The predicted octanol–water partition coefficient (Wildman–Crippen LogP) is 1.76. The summed E-state index contributed by atoms with van der Waals surface area (Å²) in [5.74, 6) is -0.572. The van der Waals surface area contributed by atoms with Crippen LogP contribution < -0.4 is 11.1 Å². The van der Waals surface area contributed by atoms with Gasteiger partial charge in [-0.05, 0) is 30.2 Å². The van der Waals surface area contributed by atoms with Crippen LogP contribution in [-0.2, 0) is 6.42 Å². The Kier molecular flexibility index (Phi) is 4.50. The van der Waals surface area contributed by atoms with Gasteiger partial charge in [0.15, 0.2) is 0 Å². The number of nitrogens with two attached hydrogens (primary N) is 1. The minimum atomic E-state index is -0.449. The predicted molar refractivity (Wildman–Crippen MR) is 77.4 cm³/mol. The zero-order chi connectivity index (χ0) is 14.4. The molecule has 2 aromatic rings. The molecule has 0 aliphatic carbocycles. The van der Waals surface area contributed by atoms with Gasteiger partial charge >= 0.3 is 0 Å². The molecule has 0 aliphatic rings. The van der Waals surface area contributed by atoms with Gasteiger partial charge in [-0.2, -0.15) is 0 Å². The van der Waals surface area contributed by atoms with E-state index >= 15 is 0 Å². The van der Waals surface area contributed by atoms with E-state index in [2.05, 4.69) is 5.32 Å². The van der Waals surface area contributed by atoms with Crippen molar-refractivity contribution < 1.29 is 9.59 Å². The SMILES string of the molecule is NC(=O)c1ccccc1CCNC(=O)c1ccccc1. The quantitative estimate of drug-likeness (QED) is 0.867. The van der Waals surface area contributed by atoms with Crippen LogP contribution in [0.15, 0.2) is 54.6 Å². The molecule has 0 radical (unpaired) electrons. The molecule has 0 heterocycles. The largest absolute Gasteiger partial charge is 0.366 e. The first-order valence-corrected chi connectivity index (χ1v) is 6.39. The van der Waals surface area contributed by atoms with Gasteiger partial charge in [-0.15, -0.1) is 0 Å². The first-order chi connectivity index (χ1) is 9.68. The van der Waals surface area contributed by atoms with Gasteiger partial charge in [-0.3, -0.25) is 9.59 Å². The average molecular weight is 268 g/mol. The molecule has 0 bridgehead atoms. The molecule has 2 amide bonds. The van der Waals surface area contributed by atoms with Crippen molar-refractivity contribution in [2.24, 2.45) is 5.73 Å². The van der Waals surface area contributed by atoms with E-state index in [1.165, 1.54) is 0 Å². The summed E-state index contributed by atoms with van der Waals surface area (Å²) in [5.41, 5.74) is 7.27. The molecule has 20 heavy (non-hydrogen) atoms. The fourth-order valence-corrected chi connectivity index (χ4v) is 1.98. The van der Waals surface area contributed by atoms with Crippen LogP contribution in [0.25, 0.3) is 0 Å². The smallest absolute Gasteiger partial charge is 0.251 e. The Bertz CT molecular complexity index is 609. The van der Waals surface area contributed by atoms with Crippen molar-refractivity contribution in [1.29, 1.82) is 0 Å². The maximum atomic E-state index is 11.9. The number of nitrogens with one attached hydrogen (secondary N) is 1. The summed E-state index contributed by atoms with van der Waals surface area (Å²) < 4.78 is 0. The minimum Gasteiger partial charge on any atom is -0.366 e. The van der Waals surface area contributed by atoms with E-state index in [0.717, 1.165) is 5.56 Å². The van der Waals surface area contributed by atoms with Gasteiger partial charge in [0.05, 0.1) is 0 Å². The summed E-state index contributed by atoms with van der Waals surface area (Å²) in [5, 5.41) is 2.82. The maximum absolute atomic E-state index is 11.9. The normalized spacial score (nSPS) is 10.0. The number of hydrogen-bond donors (Lipinski definition) is 2. The van der Waals surface area contributed by atoms with E-state index in [0.29, 0.717) is 24.1 Å². The molecule has 0 unspecified atom stereocenters. The summed E-state index contributed by atoms with van der Waals surface area (Å²) in [6.07, 6.45) is 0.567. The second kappa shape index (κ2) is 6.52. The summed E-state index contributed by atoms with van der Waals surface area (Å²) >= 11 is 0. The highest BCUT2D eigenvalue weighted by Crippen LogP contribution is 2.08. The Hall–Kier alpha value is -2.62. The molecular weight excluding hydrogens is 252 g/mol. The van der Waals surface area contributed by atoms with E-state index in [-0.39, 0.29) is 5.91 Å². The molecule has 4 heteroatoms. The van der Waals surface area contributed by atoms with Crippen molar-refractivity contribution >= 4 is 11.8 Å². The van der Waals surface area contributed by atoms with Crippen LogP contribution in [-0.4, -0.2) is 18.4 Å². The summed E-state index contributed by atoms with van der Waals surface area (Å²) in [6, 6.07) is 16.2. The highest BCUT2D eigenvalue weighted by Gasteiger charge is 2.08. The lowest BCUT2D eigenvalue weighted by molar-refractivity contribution is 0.0953. The Morgan fingerprint density at radius 1 is 0.950 bits per heavy atom. The second-order valence-corrected chi connectivity index (χ2v) is 4.39. The van der Waals surface area contributed by atoms with Crippen molar-refractivity contribution in [3.8, 4) is 0 Å². The number of benzene rings is 2. The van der Waals surface area contributed by atoms with Gasteiger partial charge in [-0.1, -0.05) is 36.4 Å². The third-order valence-electron chi connectivity index (χ3n) is 3.00. The molecule has 3 N–H and O–H groups in total. The first kappa shape index (κ1) is 13.8. The van der Waals surface area contributed by atoms with Crippen LogP contribution in [0, 0.1) is 0 Å². The molecule has 0 saturated carbocycles. The van der Waals surface area contributed by atoms with Gasteiger partial charge in [0.2, 0.25) is 5.91 Å². The number of carbonyl (C=O) groups excluding carboxylic acids is 2. The first-order valence-electron chi connectivity index (χ1n) is 6.39. The maximum Gasteiger partial charge on any atom is 0.251 e. The Balaban J connectivity index is 1.94. The molecule has 0 aliphatic heterocycles. The molecule has 0 spiro atoms. The number of carbonyl (C=O) groups is 2. The van der Waals surface area contributed by atoms with Gasteiger partial charge in [-0.25, -0.2) is 0 Å².